The molecule has 2 nitrogen and oxygen atoms in total. The minimum absolute atomic E-state index is 0.220. The molecule has 18 heavy (non-hydrogen) atoms. The molecule has 2 heteroatoms. The molecular formula is C16H18O2. The highest BCUT2D eigenvalue weighted by molar-refractivity contribution is 5.89. The van der Waals surface area contributed by atoms with Crippen molar-refractivity contribution in [1.82, 2.24) is 0 Å². The molecule has 0 N–H and O–H groups in total. The van der Waals surface area contributed by atoms with Gasteiger partial charge in [-0.1, -0.05) is 30.3 Å². The first-order valence-electron chi connectivity index (χ1n) is 6.32. The predicted octanol–water partition coefficient (Wildman–Crippen LogP) is 3.63. The van der Waals surface area contributed by atoms with Crippen LogP contribution in [-0.4, -0.2) is 5.97 Å². The Balaban J connectivity index is 2.01. The van der Waals surface area contributed by atoms with E-state index in [2.05, 4.69) is 5.73 Å². The molecule has 1 saturated carbocycles. The molecule has 1 aliphatic rings. The van der Waals surface area contributed by atoms with Gasteiger partial charge in [0.1, 0.15) is 6.61 Å². The SMILES string of the molecule is CC(C)=C=C(C(=O)OCc1ccccc1)C1CC1. The average Bonchev–Trinajstić information content (AvgIpc) is 3.18. The molecule has 0 aliphatic heterocycles. The van der Waals surface area contributed by atoms with Gasteiger partial charge in [-0.25, -0.2) is 4.79 Å². The first kappa shape index (κ1) is 12.7. The summed E-state index contributed by atoms with van der Waals surface area (Å²) in [4.78, 5) is 12.0. The lowest BCUT2D eigenvalue weighted by atomic mass is 10.1. The van der Waals surface area contributed by atoms with E-state index in [1.54, 1.807) is 0 Å². The van der Waals surface area contributed by atoms with Crippen LogP contribution in [0.1, 0.15) is 32.3 Å². The summed E-state index contributed by atoms with van der Waals surface area (Å²) in [5.74, 6) is 0.144. The summed E-state index contributed by atoms with van der Waals surface area (Å²) in [6.45, 7) is 4.24. The van der Waals surface area contributed by atoms with Crippen LogP contribution in [0.3, 0.4) is 0 Å². The molecule has 0 radical (unpaired) electrons. The number of esters is 1. The first-order chi connectivity index (χ1) is 8.66. The molecule has 0 heterocycles. The second-order valence-electron chi connectivity index (χ2n) is 4.87. The van der Waals surface area contributed by atoms with Gasteiger partial charge in [0.05, 0.1) is 5.57 Å². The van der Waals surface area contributed by atoms with Crippen molar-refractivity contribution in [2.75, 3.05) is 0 Å². The lowest BCUT2D eigenvalue weighted by Gasteiger charge is -2.06. The molecule has 94 valence electrons. The van der Waals surface area contributed by atoms with Gasteiger partial charge in [-0.15, -0.1) is 5.73 Å². The van der Waals surface area contributed by atoms with E-state index >= 15 is 0 Å². The zero-order valence-corrected chi connectivity index (χ0v) is 10.9. The van der Waals surface area contributed by atoms with E-state index in [4.69, 9.17) is 4.74 Å². The Kier molecular flexibility index (Phi) is 4.01. The highest BCUT2D eigenvalue weighted by Gasteiger charge is 2.31. The molecule has 0 atom stereocenters. The van der Waals surface area contributed by atoms with Crippen molar-refractivity contribution in [2.45, 2.75) is 33.3 Å². The van der Waals surface area contributed by atoms with Crippen LogP contribution in [0.5, 0.6) is 0 Å². The number of carbonyl (C=O) groups excluding carboxylic acids is 1. The number of benzene rings is 1. The minimum atomic E-state index is -0.220. The quantitative estimate of drug-likeness (QED) is 0.458. The van der Waals surface area contributed by atoms with Gasteiger partial charge in [0, 0.05) is 0 Å². The van der Waals surface area contributed by atoms with E-state index in [0.717, 1.165) is 24.0 Å². The van der Waals surface area contributed by atoms with Crippen LogP contribution in [0.2, 0.25) is 0 Å². The summed E-state index contributed by atoms with van der Waals surface area (Å²) in [7, 11) is 0. The molecule has 0 bridgehead atoms. The standard InChI is InChI=1S/C16H18O2/c1-12(2)10-15(14-8-9-14)16(17)18-11-13-6-4-3-5-7-13/h3-7,14H,8-9,11H2,1-2H3. The number of carbonyl (C=O) groups is 1. The van der Waals surface area contributed by atoms with Crippen LogP contribution >= 0.6 is 0 Å². The number of ether oxygens (including phenoxy) is 1. The van der Waals surface area contributed by atoms with E-state index in [9.17, 15) is 4.79 Å². The zero-order valence-electron chi connectivity index (χ0n) is 10.9. The molecular weight excluding hydrogens is 224 g/mol. The van der Waals surface area contributed by atoms with Crippen LogP contribution in [-0.2, 0) is 16.1 Å². The van der Waals surface area contributed by atoms with E-state index in [-0.39, 0.29) is 5.97 Å². The Morgan fingerprint density at radius 1 is 1.28 bits per heavy atom. The van der Waals surface area contributed by atoms with Crippen LogP contribution in [0.25, 0.3) is 0 Å². The molecule has 1 aromatic rings. The molecule has 1 aliphatic carbocycles. The van der Waals surface area contributed by atoms with Crippen molar-refractivity contribution in [2.24, 2.45) is 5.92 Å². The Morgan fingerprint density at radius 2 is 1.94 bits per heavy atom. The Morgan fingerprint density at radius 3 is 2.50 bits per heavy atom. The highest BCUT2D eigenvalue weighted by atomic mass is 16.5. The van der Waals surface area contributed by atoms with E-state index in [0.29, 0.717) is 18.1 Å². The maximum Gasteiger partial charge on any atom is 0.342 e. The average molecular weight is 242 g/mol. The minimum Gasteiger partial charge on any atom is -0.457 e. The fraction of sp³-hybridized carbons (Fsp3) is 0.375. The van der Waals surface area contributed by atoms with Crippen LogP contribution in [0.15, 0.2) is 47.2 Å². The topological polar surface area (TPSA) is 26.3 Å². The van der Waals surface area contributed by atoms with E-state index in [1.165, 1.54) is 0 Å². The summed E-state index contributed by atoms with van der Waals surface area (Å²) in [6.07, 6.45) is 2.16. The third-order valence-electron chi connectivity index (χ3n) is 2.80. The molecule has 0 spiro atoms. The molecule has 0 aromatic heterocycles. The van der Waals surface area contributed by atoms with Gasteiger partial charge in [0.15, 0.2) is 0 Å². The normalized spacial score (nSPS) is 13.7. The first-order valence-corrected chi connectivity index (χ1v) is 6.32. The number of hydrogen-bond acceptors (Lipinski definition) is 2. The molecule has 1 fully saturated rings. The summed E-state index contributed by atoms with van der Waals surface area (Å²) in [6, 6.07) is 9.74. The van der Waals surface area contributed by atoms with Crippen molar-refractivity contribution in [1.29, 1.82) is 0 Å². The molecule has 2 rings (SSSR count). The third kappa shape index (κ3) is 3.61. The Labute approximate surface area is 108 Å². The molecule has 0 unspecified atom stereocenters. The maximum atomic E-state index is 12.0. The molecule has 1 aromatic carbocycles. The predicted molar refractivity (Wildman–Crippen MR) is 70.8 cm³/mol. The summed E-state index contributed by atoms with van der Waals surface area (Å²) in [5, 5.41) is 0. The van der Waals surface area contributed by atoms with Gasteiger partial charge in [0.2, 0.25) is 0 Å². The maximum absolute atomic E-state index is 12.0. The van der Waals surface area contributed by atoms with Gasteiger partial charge in [-0.3, -0.25) is 0 Å². The summed E-state index contributed by atoms with van der Waals surface area (Å²) in [5.41, 5.74) is 5.88. The fourth-order valence-corrected chi connectivity index (χ4v) is 1.76. The van der Waals surface area contributed by atoms with Gasteiger partial charge < -0.3 is 4.74 Å². The third-order valence-corrected chi connectivity index (χ3v) is 2.80. The summed E-state index contributed by atoms with van der Waals surface area (Å²) >= 11 is 0. The smallest absolute Gasteiger partial charge is 0.342 e. The second kappa shape index (κ2) is 5.70. The lowest BCUT2D eigenvalue weighted by Crippen LogP contribution is -2.09. The number of hydrogen-bond donors (Lipinski definition) is 0. The lowest BCUT2D eigenvalue weighted by molar-refractivity contribution is -0.140. The zero-order chi connectivity index (χ0) is 13.0. The monoisotopic (exact) mass is 242 g/mol. The highest BCUT2D eigenvalue weighted by Crippen LogP contribution is 2.36. The van der Waals surface area contributed by atoms with Gasteiger partial charge in [0.25, 0.3) is 0 Å². The molecule has 0 saturated heterocycles. The van der Waals surface area contributed by atoms with E-state index in [1.807, 2.05) is 44.2 Å². The van der Waals surface area contributed by atoms with Crippen molar-refractivity contribution in [3.8, 4) is 0 Å². The van der Waals surface area contributed by atoms with Crippen molar-refractivity contribution >= 4 is 5.97 Å². The number of rotatable bonds is 4. The Hall–Kier alpha value is -1.79. The van der Waals surface area contributed by atoms with Crippen molar-refractivity contribution in [3.05, 3.63) is 52.8 Å². The van der Waals surface area contributed by atoms with Crippen LogP contribution in [0, 0.1) is 5.92 Å². The summed E-state index contributed by atoms with van der Waals surface area (Å²) < 4.78 is 5.34. The van der Waals surface area contributed by atoms with Gasteiger partial charge in [-0.2, -0.15) is 0 Å². The van der Waals surface area contributed by atoms with Gasteiger partial charge in [-0.05, 0) is 43.7 Å². The van der Waals surface area contributed by atoms with E-state index < -0.39 is 0 Å². The van der Waals surface area contributed by atoms with Gasteiger partial charge >= 0.3 is 5.97 Å². The van der Waals surface area contributed by atoms with Crippen molar-refractivity contribution in [3.63, 3.8) is 0 Å². The fourth-order valence-electron chi connectivity index (χ4n) is 1.76. The van der Waals surface area contributed by atoms with Crippen LogP contribution in [0.4, 0.5) is 0 Å². The van der Waals surface area contributed by atoms with Crippen LogP contribution < -0.4 is 0 Å². The largest absolute Gasteiger partial charge is 0.457 e. The second-order valence-corrected chi connectivity index (χ2v) is 4.87. The van der Waals surface area contributed by atoms with Crippen molar-refractivity contribution < 1.29 is 9.53 Å². The Bertz CT molecular complexity index is 485. The molecule has 0 amide bonds.